The summed E-state index contributed by atoms with van der Waals surface area (Å²) in [5.74, 6) is 0.761. The van der Waals surface area contributed by atoms with Gasteiger partial charge in [-0.2, -0.15) is 0 Å². The second-order valence-corrected chi connectivity index (χ2v) is 5.46. The van der Waals surface area contributed by atoms with Crippen LogP contribution in [0.1, 0.15) is 53.4 Å². The molecule has 1 N–H and O–H groups in total. The van der Waals surface area contributed by atoms with Crippen LogP contribution in [0.2, 0.25) is 0 Å². The van der Waals surface area contributed by atoms with E-state index >= 15 is 0 Å². The Labute approximate surface area is 102 Å². The lowest BCUT2D eigenvalue weighted by Crippen LogP contribution is -2.47. The van der Waals surface area contributed by atoms with E-state index in [2.05, 4.69) is 37.9 Å². The molecular formula is C14H30N2. The Kier molecular flexibility index (Phi) is 6.37. The average molecular weight is 226 g/mol. The van der Waals surface area contributed by atoms with Gasteiger partial charge in [-0.1, -0.05) is 27.7 Å². The van der Waals surface area contributed by atoms with Gasteiger partial charge >= 0.3 is 0 Å². The zero-order valence-electron chi connectivity index (χ0n) is 11.6. The van der Waals surface area contributed by atoms with E-state index in [0.717, 1.165) is 24.5 Å². The Bertz CT molecular complexity index is 180. The lowest BCUT2D eigenvalue weighted by atomic mass is 10.0. The van der Waals surface area contributed by atoms with E-state index in [1.54, 1.807) is 0 Å². The Morgan fingerprint density at radius 3 is 2.62 bits per heavy atom. The van der Waals surface area contributed by atoms with Crippen molar-refractivity contribution in [3.8, 4) is 0 Å². The van der Waals surface area contributed by atoms with Gasteiger partial charge in [-0.25, -0.2) is 0 Å². The summed E-state index contributed by atoms with van der Waals surface area (Å²) in [6.45, 7) is 12.9. The van der Waals surface area contributed by atoms with Crippen LogP contribution in [-0.4, -0.2) is 36.6 Å². The van der Waals surface area contributed by atoms with Crippen molar-refractivity contribution in [2.45, 2.75) is 65.5 Å². The second-order valence-electron chi connectivity index (χ2n) is 5.46. The second kappa shape index (κ2) is 7.29. The van der Waals surface area contributed by atoms with Crippen molar-refractivity contribution in [2.24, 2.45) is 5.92 Å². The molecule has 0 bridgehead atoms. The molecule has 0 spiro atoms. The van der Waals surface area contributed by atoms with Gasteiger partial charge in [0.25, 0.3) is 0 Å². The predicted octanol–water partition coefficient (Wildman–Crippen LogP) is 2.89. The maximum Gasteiger partial charge on any atom is 0.0246 e. The van der Waals surface area contributed by atoms with E-state index in [-0.39, 0.29) is 0 Å². The lowest BCUT2D eigenvalue weighted by molar-refractivity contribution is 0.134. The van der Waals surface area contributed by atoms with E-state index in [1.165, 1.54) is 38.8 Å². The van der Waals surface area contributed by atoms with E-state index < -0.39 is 0 Å². The van der Waals surface area contributed by atoms with Crippen LogP contribution in [0.25, 0.3) is 0 Å². The molecule has 2 unspecified atom stereocenters. The first-order valence-corrected chi connectivity index (χ1v) is 7.17. The van der Waals surface area contributed by atoms with Crippen LogP contribution in [0, 0.1) is 5.92 Å². The fraction of sp³-hybridized carbons (Fsp3) is 1.00. The van der Waals surface area contributed by atoms with Gasteiger partial charge in [0.15, 0.2) is 0 Å². The SMILES string of the molecule is CCCNCC(C(C)C)N1CCCC1CC. The van der Waals surface area contributed by atoms with Crippen LogP contribution in [0.4, 0.5) is 0 Å². The fourth-order valence-electron chi connectivity index (χ4n) is 2.90. The molecule has 2 atom stereocenters. The molecule has 0 aliphatic carbocycles. The summed E-state index contributed by atoms with van der Waals surface area (Å²) in [6.07, 6.45) is 5.36. The lowest BCUT2D eigenvalue weighted by Gasteiger charge is -2.35. The van der Waals surface area contributed by atoms with Gasteiger partial charge in [0.1, 0.15) is 0 Å². The van der Waals surface area contributed by atoms with Gasteiger partial charge in [0.2, 0.25) is 0 Å². The Balaban J connectivity index is 2.48. The molecule has 0 aromatic heterocycles. The highest BCUT2D eigenvalue weighted by Crippen LogP contribution is 2.25. The Hall–Kier alpha value is -0.0800. The molecule has 1 heterocycles. The molecule has 0 amide bonds. The van der Waals surface area contributed by atoms with Crippen LogP contribution >= 0.6 is 0 Å². The number of likely N-dealkylation sites (tertiary alicyclic amines) is 1. The highest BCUT2D eigenvalue weighted by molar-refractivity contribution is 4.86. The number of nitrogens with zero attached hydrogens (tertiary/aromatic N) is 1. The summed E-state index contributed by atoms with van der Waals surface area (Å²) in [5, 5.41) is 3.60. The van der Waals surface area contributed by atoms with Crippen LogP contribution in [0.3, 0.4) is 0 Å². The van der Waals surface area contributed by atoms with Crippen molar-refractivity contribution in [2.75, 3.05) is 19.6 Å². The minimum atomic E-state index is 0.735. The first-order chi connectivity index (χ1) is 7.70. The molecule has 2 nitrogen and oxygen atoms in total. The summed E-state index contributed by atoms with van der Waals surface area (Å²) < 4.78 is 0. The van der Waals surface area contributed by atoms with Crippen LogP contribution in [0.5, 0.6) is 0 Å². The molecule has 1 aliphatic heterocycles. The minimum absolute atomic E-state index is 0.735. The fourth-order valence-corrected chi connectivity index (χ4v) is 2.90. The summed E-state index contributed by atoms with van der Waals surface area (Å²) in [6, 6.07) is 1.58. The highest BCUT2D eigenvalue weighted by atomic mass is 15.2. The van der Waals surface area contributed by atoms with Crippen LogP contribution < -0.4 is 5.32 Å². The molecule has 2 heteroatoms. The third kappa shape index (κ3) is 3.74. The normalized spacial score (nSPS) is 24.2. The molecule has 96 valence electrons. The summed E-state index contributed by atoms with van der Waals surface area (Å²) in [4.78, 5) is 2.76. The third-order valence-corrected chi connectivity index (χ3v) is 3.87. The smallest absolute Gasteiger partial charge is 0.0246 e. The summed E-state index contributed by atoms with van der Waals surface area (Å²) in [7, 11) is 0. The number of nitrogens with one attached hydrogen (secondary N) is 1. The zero-order valence-corrected chi connectivity index (χ0v) is 11.6. The van der Waals surface area contributed by atoms with Gasteiger partial charge in [-0.3, -0.25) is 4.90 Å². The van der Waals surface area contributed by atoms with Gasteiger partial charge in [-0.05, 0) is 44.7 Å². The first-order valence-electron chi connectivity index (χ1n) is 7.17. The van der Waals surface area contributed by atoms with E-state index in [0.29, 0.717) is 0 Å². The van der Waals surface area contributed by atoms with E-state index in [4.69, 9.17) is 0 Å². The maximum atomic E-state index is 3.60. The molecule has 0 aromatic rings. The molecule has 1 fully saturated rings. The van der Waals surface area contributed by atoms with Gasteiger partial charge in [-0.15, -0.1) is 0 Å². The van der Waals surface area contributed by atoms with Gasteiger partial charge in [0, 0.05) is 18.6 Å². The maximum absolute atomic E-state index is 3.60. The minimum Gasteiger partial charge on any atom is -0.315 e. The van der Waals surface area contributed by atoms with Crippen molar-refractivity contribution in [1.82, 2.24) is 10.2 Å². The third-order valence-electron chi connectivity index (χ3n) is 3.87. The van der Waals surface area contributed by atoms with Gasteiger partial charge in [0.05, 0.1) is 0 Å². The molecule has 0 radical (unpaired) electrons. The largest absolute Gasteiger partial charge is 0.315 e. The number of rotatable bonds is 7. The van der Waals surface area contributed by atoms with Gasteiger partial charge < -0.3 is 5.32 Å². The molecule has 16 heavy (non-hydrogen) atoms. The van der Waals surface area contributed by atoms with Crippen molar-refractivity contribution in [1.29, 1.82) is 0 Å². The molecule has 0 saturated carbocycles. The summed E-state index contributed by atoms with van der Waals surface area (Å²) >= 11 is 0. The molecule has 1 saturated heterocycles. The summed E-state index contributed by atoms with van der Waals surface area (Å²) in [5.41, 5.74) is 0. The van der Waals surface area contributed by atoms with E-state index in [9.17, 15) is 0 Å². The first kappa shape index (κ1) is 14.0. The molecular weight excluding hydrogens is 196 g/mol. The monoisotopic (exact) mass is 226 g/mol. The molecule has 1 aliphatic rings. The topological polar surface area (TPSA) is 15.3 Å². The number of hydrogen-bond acceptors (Lipinski definition) is 2. The van der Waals surface area contributed by atoms with Crippen molar-refractivity contribution in [3.63, 3.8) is 0 Å². The standard InChI is InChI=1S/C14H30N2/c1-5-9-15-11-14(12(3)4)16-10-7-8-13(16)6-2/h12-15H,5-11H2,1-4H3. The van der Waals surface area contributed by atoms with Crippen molar-refractivity contribution >= 4 is 0 Å². The van der Waals surface area contributed by atoms with Crippen LogP contribution in [-0.2, 0) is 0 Å². The average Bonchev–Trinajstić information content (AvgIpc) is 2.71. The zero-order chi connectivity index (χ0) is 12.0. The predicted molar refractivity (Wildman–Crippen MR) is 71.8 cm³/mol. The quantitative estimate of drug-likeness (QED) is 0.672. The van der Waals surface area contributed by atoms with Crippen molar-refractivity contribution < 1.29 is 0 Å². The highest BCUT2D eigenvalue weighted by Gasteiger charge is 2.30. The Morgan fingerprint density at radius 2 is 2.06 bits per heavy atom. The molecule has 1 rings (SSSR count). The van der Waals surface area contributed by atoms with Crippen molar-refractivity contribution in [3.05, 3.63) is 0 Å². The van der Waals surface area contributed by atoms with E-state index in [1.807, 2.05) is 0 Å². The van der Waals surface area contributed by atoms with Crippen LogP contribution in [0.15, 0.2) is 0 Å². The Morgan fingerprint density at radius 1 is 1.31 bits per heavy atom. The number of hydrogen-bond donors (Lipinski definition) is 1. The molecule has 0 aromatic carbocycles.